The van der Waals surface area contributed by atoms with Crippen LogP contribution in [0.5, 0.6) is 5.75 Å². The molecule has 0 radical (unpaired) electrons. The van der Waals surface area contributed by atoms with E-state index in [4.69, 9.17) is 11.6 Å². The zero-order valence-electron chi connectivity index (χ0n) is 10.2. The van der Waals surface area contributed by atoms with Gasteiger partial charge in [0.2, 0.25) is 0 Å². The van der Waals surface area contributed by atoms with Crippen molar-refractivity contribution in [2.75, 3.05) is 0 Å². The molecule has 2 aromatic carbocycles. The molecule has 0 spiro atoms. The van der Waals surface area contributed by atoms with E-state index in [1.165, 1.54) is 18.2 Å². The minimum atomic E-state index is -4.84. The summed E-state index contributed by atoms with van der Waals surface area (Å²) in [5, 5.41) is -0.793. The summed E-state index contributed by atoms with van der Waals surface area (Å²) < 4.78 is 54.0. The van der Waals surface area contributed by atoms with Gasteiger partial charge in [0.25, 0.3) is 5.24 Å². The van der Waals surface area contributed by atoms with Gasteiger partial charge in [0.1, 0.15) is 11.6 Å². The Morgan fingerprint density at radius 2 is 1.81 bits per heavy atom. The van der Waals surface area contributed by atoms with Gasteiger partial charge in [0.15, 0.2) is 0 Å². The van der Waals surface area contributed by atoms with Gasteiger partial charge >= 0.3 is 6.36 Å². The summed E-state index contributed by atoms with van der Waals surface area (Å²) in [6, 6.07) is 8.15. The number of ether oxygens (including phenoxy) is 1. The summed E-state index contributed by atoms with van der Waals surface area (Å²) in [6.07, 6.45) is -4.84. The Morgan fingerprint density at radius 1 is 1.10 bits per heavy atom. The molecule has 21 heavy (non-hydrogen) atoms. The Morgan fingerprint density at radius 3 is 2.43 bits per heavy atom. The lowest BCUT2D eigenvalue weighted by atomic mass is 10.0. The van der Waals surface area contributed by atoms with Crippen molar-refractivity contribution >= 4 is 16.8 Å². The van der Waals surface area contributed by atoms with Crippen LogP contribution in [0.15, 0.2) is 42.5 Å². The highest BCUT2D eigenvalue weighted by atomic mass is 35.5. The van der Waals surface area contributed by atoms with Gasteiger partial charge in [-0.05, 0) is 47.5 Å². The Hall–Kier alpha value is -2.08. The van der Waals surface area contributed by atoms with Crippen molar-refractivity contribution in [2.24, 2.45) is 0 Å². The second-order valence-corrected chi connectivity index (χ2v) is 4.39. The fourth-order valence-corrected chi connectivity index (χ4v) is 1.85. The molecule has 0 atom stereocenters. The molecule has 0 unspecified atom stereocenters. The Labute approximate surface area is 121 Å². The van der Waals surface area contributed by atoms with Gasteiger partial charge in [-0.25, -0.2) is 4.39 Å². The highest BCUT2D eigenvalue weighted by molar-refractivity contribution is 6.67. The van der Waals surface area contributed by atoms with Gasteiger partial charge in [-0.1, -0.05) is 12.1 Å². The molecule has 0 amide bonds. The third kappa shape index (κ3) is 3.95. The van der Waals surface area contributed by atoms with E-state index in [0.29, 0.717) is 0 Å². The molecule has 0 aromatic heterocycles. The third-order valence-electron chi connectivity index (χ3n) is 2.57. The van der Waals surface area contributed by atoms with E-state index in [1.54, 1.807) is 0 Å². The number of hydrogen-bond acceptors (Lipinski definition) is 2. The topological polar surface area (TPSA) is 26.3 Å². The first-order valence-corrected chi connectivity index (χ1v) is 5.99. The van der Waals surface area contributed by atoms with Crippen LogP contribution in [0.2, 0.25) is 0 Å². The van der Waals surface area contributed by atoms with Crippen molar-refractivity contribution in [2.45, 2.75) is 6.36 Å². The summed E-state index contributed by atoms with van der Waals surface area (Å²) in [6.45, 7) is 0. The van der Waals surface area contributed by atoms with E-state index < -0.39 is 23.2 Å². The highest BCUT2D eigenvalue weighted by Gasteiger charge is 2.31. The van der Waals surface area contributed by atoms with Crippen LogP contribution in [-0.2, 0) is 0 Å². The quantitative estimate of drug-likeness (QED) is 0.602. The van der Waals surface area contributed by atoms with Crippen molar-refractivity contribution in [1.82, 2.24) is 0 Å². The Balaban J connectivity index is 2.45. The molecular weight excluding hydrogens is 312 g/mol. The number of halogens is 5. The van der Waals surface area contributed by atoms with E-state index in [2.05, 4.69) is 4.74 Å². The van der Waals surface area contributed by atoms with Gasteiger partial charge in [0.05, 0.1) is 0 Å². The van der Waals surface area contributed by atoms with E-state index in [1.807, 2.05) is 0 Å². The smallest absolute Gasteiger partial charge is 0.406 e. The van der Waals surface area contributed by atoms with Crippen LogP contribution in [0.3, 0.4) is 0 Å². The molecule has 0 aliphatic rings. The summed E-state index contributed by atoms with van der Waals surface area (Å²) in [4.78, 5) is 11.1. The molecule has 0 fully saturated rings. The van der Waals surface area contributed by atoms with Gasteiger partial charge in [-0.3, -0.25) is 4.79 Å². The maximum atomic E-state index is 13.8. The molecule has 2 rings (SSSR count). The predicted molar refractivity (Wildman–Crippen MR) is 68.7 cm³/mol. The lowest BCUT2D eigenvalue weighted by molar-refractivity contribution is -0.274. The molecule has 110 valence electrons. The lowest BCUT2D eigenvalue weighted by Crippen LogP contribution is -2.17. The number of benzene rings is 2. The second-order valence-electron chi connectivity index (χ2n) is 4.04. The van der Waals surface area contributed by atoms with Crippen molar-refractivity contribution < 1.29 is 27.1 Å². The maximum Gasteiger partial charge on any atom is 0.573 e. The average molecular weight is 319 g/mol. The average Bonchev–Trinajstić information content (AvgIpc) is 2.37. The Bertz CT molecular complexity index is 683. The van der Waals surface area contributed by atoms with Crippen molar-refractivity contribution in [3.63, 3.8) is 0 Å². The molecule has 0 saturated heterocycles. The molecule has 0 heterocycles. The molecule has 0 N–H and O–H groups in total. The molecule has 0 saturated carbocycles. The van der Waals surface area contributed by atoms with E-state index in [-0.39, 0.29) is 16.7 Å². The molecule has 2 aromatic rings. The first-order chi connectivity index (χ1) is 9.76. The zero-order chi connectivity index (χ0) is 15.6. The molecule has 0 bridgehead atoms. The molecule has 2 nitrogen and oxygen atoms in total. The van der Waals surface area contributed by atoms with Crippen LogP contribution in [-0.4, -0.2) is 11.6 Å². The predicted octanol–water partition coefficient (Wildman–Crippen LogP) is 4.77. The highest BCUT2D eigenvalue weighted by Crippen LogP contribution is 2.30. The van der Waals surface area contributed by atoms with Gasteiger partial charge < -0.3 is 4.74 Å². The number of rotatable bonds is 3. The van der Waals surface area contributed by atoms with Crippen LogP contribution in [0.4, 0.5) is 17.6 Å². The van der Waals surface area contributed by atoms with E-state index in [9.17, 15) is 22.4 Å². The Kier molecular flexibility index (Phi) is 4.18. The third-order valence-corrected chi connectivity index (χ3v) is 2.79. The van der Waals surface area contributed by atoms with Crippen LogP contribution in [0.1, 0.15) is 10.4 Å². The zero-order valence-corrected chi connectivity index (χ0v) is 11.0. The van der Waals surface area contributed by atoms with Crippen molar-refractivity contribution in [1.29, 1.82) is 0 Å². The largest absolute Gasteiger partial charge is 0.573 e. The van der Waals surface area contributed by atoms with Crippen LogP contribution in [0.25, 0.3) is 11.1 Å². The van der Waals surface area contributed by atoms with Gasteiger partial charge in [-0.2, -0.15) is 0 Å². The van der Waals surface area contributed by atoms with Gasteiger partial charge in [-0.15, -0.1) is 13.2 Å². The minimum Gasteiger partial charge on any atom is -0.406 e. The first-order valence-electron chi connectivity index (χ1n) is 5.62. The lowest BCUT2D eigenvalue weighted by Gasteiger charge is -2.11. The summed E-state index contributed by atoms with van der Waals surface area (Å²) in [5.41, 5.74) is 0.123. The first kappa shape index (κ1) is 15.3. The molecule has 7 heteroatoms. The van der Waals surface area contributed by atoms with Crippen molar-refractivity contribution in [3.05, 3.63) is 53.8 Å². The van der Waals surface area contributed by atoms with E-state index in [0.717, 1.165) is 24.3 Å². The molecule has 0 aliphatic carbocycles. The number of alkyl halides is 3. The van der Waals surface area contributed by atoms with E-state index >= 15 is 0 Å². The van der Waals surface area contributed by atoms with Crippen molar-refractivity contribution in [3.8, 4) is 16.9 Å². The van der Waals surface area contributed by atoms with Crippen LogP contribution in [0, 0.1) is 5.82 Å². The summed E-state index contributed by atoms with van der Waals surface area (Å²) in [7, 11) is 0. The fraction of sp³-hybridized carbons (Fsp3) is 0.0714. The van der Waals surface area contributed by atoms with Crippen LogP contribution >= 0.6 is 11.6 Å². The SMILES string of the molecule is O=C(Cl)c1ccc(F)c(-c2cccc(OC(F)(F)F)c2)c1. The normalized spacial score (nSPS) is 11.3. The second kappa shape index (κ2) is 5.73. The fourth-order valence-electron chi connectivity index (χ4n) is 1.73. The van der Waals surface area contributed by atoms with Gasteiger partial charge in [0, 0.05) is 11.1 Å². The number of hydrogen-bond donors (Lipinski definition) is 0. The minimum absolute atomic E-state index is 0.0372. The monoisotopic (exact) mass is 318 g/mol. The summed E-state index contributed by atoms with van der Waals surface area (Å²) in [5.74, 6) is -1.18. The summed E-state index contributed by atoms with van der Waals surface area (Å²) >= 11 is 5.30. The molecular formula is C14H7ClF4O2. The number of carbonyl (C=O) groups is 1. The maximum absolute atomic E-state index is 13.8. The standard InChI is InChI=1S/C14H7ClF4O2/c15-13(20)9-4-5-12(16)11(7-9)8-2-1-3-10(6-8)21-14(17,18)19/h1-7H. The number of carbonyl (C=O) groups excluding carboxylic acids is 1. The van der Waals surface area contributed by atoms with Crippen LogP contribution < -0.4 is 4.74 Å². The molecule has 0 aliphatic heterocycles.